The number of ether oxygens (including phenoxy) is 1. The number of halogens is 2. The van der Waals surface area contributed by atoms with E-state index in [1.165, 1.54) is 30.0 Å². The van der Waals surface area contributed by atoms with Gasteiger partial charge in [-0.05, 0) is 30.3 Å². The van der Waals surface area contributed by atoms with Gasteiger partial charge >= 0.3 is 5.97 Å². The molecule has 2 N–H and O–H groups in total. The van der Waals surface area contributed by atoms with E-state index in [0.29, 0.717) is 11.4 Å². The molecule has 0 aliphatic carbocycles. The zero-order valence-corrected chi connectivity index (χ0v) is 14.0. The Morgan fingerprint density at radius 2 is 1.96 bits per heavy atom. The van der Waals surface area contributed by atoms with Crippen LogP contribution in [0.1, 0.15) is 10.4 Å². The monoisotopic (exact) mass is 378 g/mol. The average molecular weight is 378 g/mol. The van der Waals surface area contributed by atoms with Gasteiger partial charge in [0, 0.05) is 16.6 Å². The first-order valence-electron chi connectivity index (χ1n) is 7.41. The fourth-order valence-corrected chi connectivity index (χ4v) is 2.98. The van der Waals surface area contributed by atoms with Crippen LogP contribution in [0.15, 0.2) is 41.3 Å². The normalized spacial score (nSPS) is 12.8. The van der Waals surface area contributed by atoms with Crippen molar-refractivity contribution in [2.45, 2.75) is 4.90 Å². The minimum atomic E-state index is -1.10. The van der Waals surface area contributed by atoms with Crippen molar-refractivity contribution in [1.82, 2.24) is 0 Å². The molecule has 1 heterocycles. The molecule has 0 aromatic heterocycles. The standard InChI is InChI=1S/C17H12F2N2O4S/c18-11-3-2-10(6-12(11)19)20-15(22)7-25-17(24)9-1-4-14-13(5-9)21-16(23)8-26-14/h1-6H,7-8H2,(H,20,22)(H,21,23). The lowest BCUT2D eigenvalue weighted by molar-refractivity contribution is -0.119. The molecule has 3 rings (SSSR count). The fraction of sp³-hybridized carbons (Fsp3) is 0.118. The number of amides is 2. The van der Waals surface area contributed by atoms with Crippen LogP contribution in [0.25, 0.3) is 0 Å². The number of carbonyl (C=O) groups excluding carboxylic acids is 3. The van der Waals surface area contributed by atoms with Crippen molar-refractivity contribution in [3.8, 4) is 0 Å². The Morgan fingerprint density at radius 3 is 2.73 bits per heavy atom. The summed E-state index contributed by atoms with van der Waals surface area (Å²) >= 11 is 1.35. The lowest BCUT2D eigenvalue weighted by Crippen LogP contribution is -2.22. The smallest absolute Gasteiger partial charge is 0.338 e. The SMILES string of the molecule is O=C(COC(=O)c1ccc2c(c1)NC(=O)CS2)Nc1ccc(F)c(F)c1. The largest absolute Gasteiger partial charge is 0.452 e. The van der Waals surface area contributed by atoms with E-state index in [1.807, 2.05) is 0 Å². The number of nitrogens with one attached hydrogen (secondary N) is 2. The van der Waals surface area contributed by atoms with E-state index in [1.54, 1.807) is 6.07 Å². The summed E-state index contributed by atoms with van der Waals surface area (Å²) in [5, 5.41) is 4.94. The number of esters is 1. The summed E-state index contributed by atoms with van der Waals surface area (Å²) < 4.78 is 30.8. The molecule has 0 fully saturated rings. The van der Waals surface area contributed by atoms with Gasteiger partial charge in [0.2, 0.25) is 5.91 Å². The Kier molecular flexibility index (Phi) is 5.17. The first-order valence-corrected chi connectivity index (χ1v) is 8.39. The Morgan fingerprint density at radius 1 is 1.15 bits per heavy atom. The molecule has 2 aromatic carbocycles. The van der Waals surface area contributed by atoms with Gasteiger partial charge in [-0.15, -0.1) is 11.8 Å². The van der Waals surface area contributed by atoms with Crippen molar-refractivity contribution in [3.63, 3.8) is 0 Å². The van der Waals surface area contributed by atoms with E-state index >= 15 is 0 Å². The third-order valence-corrected chi connectivity index (χ3v) is 4.46. The molecule has 0 saturated carbocycles. The van der Waals surface area contributed by atoms with Crippen LogP contribution in [0.5, 0.6) is 0 Å². The molecule has 0 saturated heterocycles. The third-order valence-electron chi connectivity index (χ3n) is 3.39. The van der Waals surface area contributed by atoms with Crippen molar-refractivity contribution in [3.05, 3.63) is 53.6 Å². The van der Waals surface area contributed by atoms with E-state index in [-0.39, 0.29) is 17.2 Å². The minimum absolute atomic E-state index is 0.0402. The summed E-state index contributed by atoms with van der Waals surface area (Å²) in [6, 6.07) is 7.54. The van der Waals surface area contributed by atoms with Crippen LogP contribution >= 0.6 is 11.8 Å². The van der Waals surface area contributed by atoms with Gasteiger partial charge in [-0.3, -0.25) is 9.59 Å². The highest BCUT2D eigenvalue weighted by Crippen LogP contribution is 2.32. The van der Waals surface area contributed by atoms with Crippen LogP contribution < -0.4 is 10.6 Å². The van der Waals surface area contributed by atoms with Gasteiger partial charge in [0.05, 0.1) is 17.0 Å². The van der Waals surface area contributed by atoms with Crippen LogP contribution in [0.3, 0.4) is 0 Å². The second kappa shape index (κ2) is 7.52. The van der Waals surface area contributed by atoms with Crippen molar-refractivity contribution >= 4 is 40.9 Å². The number of carbonyl (C=O) groups is 3. The molecule has 2 amide bonds. The zero-order chi connectivity index (χ0) is 18.7. The third kappa shape index (κ3) is 4.17. The highest BCUT2D eigenvalue weighted by atomic mass is 32.2. The summed E-state index contributed by atoms with van der Waals surface area (Å²) in [6.45, 7) is -0.601. The van der Waals surface area contributed by atoms with Crippen LogP contribution in [-0.2, 0) is 14.3 Å². The summed E-state index contributed by atoms with van der Waals surface area (Å²) in [7, 11) is 0. The maximum Gasteiger partial charge on any atom is 0.338 e. The highest BCUT2D eigenvalue weighted by Gasteiger charge is 2.18. The van der Waals surface area contributed by atoms with Crippen LogP contribution in [-0.4, -0.2) is 30.1 Å². The van der Waals surface area contributed by atoms with Gasteiger partial charge in [0.1, 0.15) is 0 Å². The Bertz CT molecular complexity index is 904. The van der Waals surface area contributed by atoms with Crippen LogP contribution in [0.4, 0.5) is 20.2 Å². The predicted octanol–water partition coefficient (Wildman–Crippen LogP) is 2.80. The lowest BCUT2D eigenvalue weighted by Gasteiger charge is -2.16. The minimum Gasteiger partial charge on any atom is -0.452 e. The number of hydrogen-bond acceptors (Lipinski definition) is 5. The van der Waals surface area contributed by atoms with E-state index in [9.17, 15) is 23.2 Å². The Hall–Kier alpha value is -2.94. The van der Waals surface area contributed by atoms with Gasteiger partial charge in [0.25, 0.3) is 5.91 Å². The highest BCUT2D eigenvalue weighted by molar-refractivity contribution is 8.00. The van der Waals surface area contributed by atoms with Gasteiger partial charge < -0.3 is 15.4 Å². The van der Waals surface area contributed by atoms with Gasteiger partial charge in [-0.25, -0.2) is 13.6 Å². The molecule has 1 aliphatic heterocycles. The summed E-state index contributed by atoms with van der Waals surface area (Å²) in [5.74, 6) is -3.45. The van der Waals surface area contributed by atoms with E-state index in [2.05, 4.69) is 10.6 Å². The number of rotatable bonds is 4. The molecule has 0 unspecified atom stereocenters. The second-order valence-corrected chi connectivity index (χ2v) is 6.32. The molecule has 26 heavy (non-hydrogen) atoms. The van der Waals surface area contributed by atoms with Crippen molar-refractivity contribution in [2.24, 2.45) is 0 Å². The maximum absolute atomic E-state index is 13.1. The quantitative estimate of drug-likeness (QED) is 0.800. The molecule has 0 bridgehead atoms. The van der Waals surface area contributed by atoms with Crippen LogP contribution in [0.2, 0.25) is 0 Å². The molecular weight excluding hydrogens is 366 g/mol. The number of thioether (sulfide) groups is 1. The molecule has 9 heteroatoms. The van der Waals surface area contributed by atoms with E-state index in [4.69, 9.17) is 4.74 Å². The summed E-state index contributed by atoms with van der Waals surface area (Å²) in [4.78, 5) is 36.0. The molecule has 0 atom stereocenters. The number of fused-ring (bicyclic) bond motifs is 1. The Balaban J connectivity index is 1.58. The fourth-order valence-electron chi connectivity index (χ4n) is 2.20. The topological polar surface area (TPSA) is 84.5 Å². The molecule has 0 radical (unpaired) electrons. The molecule has 134 valence electrons. The van der Waals surface area contributed by atoms with E-state index < -0.39 is 30.1 Å². The zero-order valence-electron chi connectivity index (χ0n) is 13.2. The van der Waals surface area contributed by atoms with Crippen molar-refractivity contribution < 1.29 is 27.9 Å². The summed E-state index contributed by atoms with van der Waals surface area (Å²) in [6.07, 6.45) is 0. The average Bonchev–Trinajstić information content (AvgIpc) is 2.62. The van der Waals surface area contributed by atoms with Gasteiger partial charge in [-0.2, -0.15) is 0 Å². The molecule has 2 aromatic rings. The number of anilines is 2. The maximum atomic E-state index is 13.1. The molecule has 1 aliphatic rings. The number of hydrogen-bond donors (Lipinski definition) is 2. The van der Waals surface area contributed by atoms with Crippen molar-refractivity contribution in [1.29, 1.82) is 0 Å². The first kappa shape index (κ1) is 17.9. The molecule has 6 nitrogen and oxygen atoms in total. The summed E-state index contributed by atoms with van der Waals surface area (Å²) in [5.41, 5.74) is 0.720. The van der Waals surface area contributed by atoms with E-state index in [0.717, 1.165) is 17.0 Å². The lowest BCUT2D eigenvalue weighted by atomic mass is 10.2. The first-order chi connectivity index (χ1) is 12.4. The molecular formula is C17H12F2N2O4S. The van der Waals surface area contributed by atoms with Gasteiger partial charge in [0.15, 0.2) is 18.2 Å². The predicted molar refractivity (Wildman–Crippen MR) is 91.1 cm³/mol. The second-order valence-electron chi connectivity index (χ2n) is 5.30. The molecule has 0 spiro atoms. The number of benzene rings is 2. The van der Waals surface area contributed by atoms with Gasteiger partial charge in [-0.1, -0.05) is 0 Å². The van der Waals surface area contributed by atoms with Crippen molar-refractivity contribution in [2.75, 3.05) is 23.0 Å². The Labute approximate surface area is 150 Å². The van der Waals surface area contributed by atoms with Crippen LogP contribution in [0, 0.1) is 11.6 Å².